The van der Waals surface area contributed by atoms with E-state index in [1.807, 2.05) is 42.9 Å². The van der Waals surface area contributed by atoms with Gasteiger partial charge < -0.3 is 15.5 Å². The maximum atomic E-state index is 6.25. The molecule has 33 heavy (non-hydrogen) atoms. The summed E-state index contributed by atoms with van der Waals surface area (Å²) < 4.78 is 1.76. The van der Waals surface area contributed by atoms with Crippen LogP contribution in [0.25, 0.3) is 28.0 Å². The van der Waals surface area contributed by atoms with E-state index in [-0.39, 0.29) is 0 Å². The molecule has 2 fully saturated rings. The second-order valence-corrected chi connectivity index (χ2v) is 9.07. The fourth-order valence-corrected chi connectivity index (χ4v) is 5.23. The molecule has 0 aliphatic carbocycles. The number of aromatic nitrogens is 5. The zero-order chi connectivity index (χ0) is 22.2. The van der Waals surface area contributed by atoms with Crippen LogP contribution in [0.3, 0.4) is 0 Å². The topological polar surface area (TPSA) is 88.5 Å². The number of hydrogen-bond acceptors (Lipinski definition) is 7. The normalized spacial score (nSPS) is 19.0. The Labute approximate surface area is 193 Å². The fraction of sp³-hybridized carbons (Fsp3) is 0.360. The maximum absolute atomic E-state index is 6.25. The van der Waals surface area contributed by atoms with Gasteiger partial charge in [-0.1, -0.05) is 6.07 Å². The van der Waals surface area contributed by atoms with Crippen molar-refractivity contribution in [1.29, 1.82) is 0 Å². The van der Waals surface area contributed by atoms with Crippen molar-refractivity contribution in [3.63, 3.8) is 0 Å². The second-order valence-electron chi connectivity index (χ2n) is 9.07. The Morgan fingerprint density at radius 1 is 0.970 bits per heavy atom. The molecule has 2 aliphatic rings. The van der Waals surface area contributed by atoms with Gasteiger partial charge in [-0.3, -0.25) is 4.98 Å². The molecule has 0 aromatic carbocycles. The van der Waals surface area contributed by atoms with Crippen molar-refractivity contribution in [1.82, 2.24) is 29.5 Å². The predicted octanol–water partition coefficient (Wildman–Crippen LogP) is 3.36. The third kappa shape index (κ3) is 3.80. The van der Waals surface area contributed by atoms with E-state index < -0.39 is 0 Å². The molecule has 2 saturated heterocycles. The minimum absolute atomic E-state index is 0.425. The van der Waals surface area contributed by atoms with Crippen molar-refractivity contribution in [2.24, 2.45) is 5.92 Å². The van der Waals surface area contributed by atoms with E-state index in [1.165, 1.54) is 38.9 Å². The molecule has 4 aromatic rings. The zero-order valence-electron chi connectivity index (χ0n) is 18.6. The Morgan fingerprint density at radius 2 is 1.85 bits per heavy atom. The van der Waals surface area contributed by atoms with Crippen molar-refractivity contribution in [3.05, 3.63) is 55.1 Å². The number of likely N-dealkylation sites (tertiary alicyclic amines) is 1. The lowest BCUT2D eigenvalue weighted by atomic mass is 10.1. The van der Waals surface area contributed by atoms with Gasteiger partial charge in [0.15, 0.2) is 11.5 Å². The molecule has 8 nitrogen and oxygen atoms in total. The Kier molecular flexibility index (Phi) is 5.14. The van der Waals surface area contributed by atoms with Gasteiger partial charge in [0, 0.05) is 55.5 Å². The number of hydrogen-bond donors (Lipinski definition) is 1. The number of nitrogen functional groups attached to an aromatic ring is 1. The zero-order valence-corrected chi connectivity index (χ0v) is 18.6. The molecule has 0 bridgehead atoms. The second kappa shape index (κ2) is 8.44. The van der Waals surface area contributed by atoms with Crippen molar-refractivity contribution in [2.75, 3.05) is 43.4 Å². The highest BCUT2D eigenvalue weighted by atomic mass is 15.3. The predicted molar refractivity (Wildman–Crippen MR) is 130 cm³/mol. The van der Waals surface area contributed by atoms with E-state index in [0.29, 0.717) is 17.4 Å². The van der Waals surface area contributed by atoms with E-state index in [9.17, 15) is 0 Å². The highest BCUT2D eigenvalue weighted by molar-refractivity contribution is 5.85. The van der Waals surface area contributed by atoms with Gasteiger partial charge in [0.2, 0.25) is 0 Å². The minimum atomic E-state index is 0.425. The molecule has 0 spiro atoms. The van der Waals surface area contributed by atoms with Crippen LogP contribution in [-0.4, -0.2) is 62.2 Å². The SMILES string of the molecule is Nc1nn2cc(-c3cccnc3N3CC[C@H](CN4CCCC4)C3)cnc2c1-c1ccccn1. The molecule has 4 aromatic heterocycles. The molecule has 8 heteroatoms. The first-order chi connectivity index (χ1) is 16.3. The Bertz CT molecular complexity index is 1260. The monoisotopic (exact) mass is 440 g/mol. The van der Waals surface area contributed by atoms with Crippen molar-refractivity contribution in [3.8, 4) is 22.4 Å². The Balaban J connectivity index is 1.30. The standard InChI is InChI=1S/C25H28N8/c26-23-22(21-7-1-2-9-27-21)25-29-14-19(17-33(25)30-23)20-6-5-10-28-24(20)32-13-8-18(16-32)15-31-11-3-4-12-31/h1-2,5-7,9-10,14,17-18H,3-4,8,11-13,15-16H2,(H2,26,30)/t18-/m1/s1. The molecule has 6 heterocycles. The first-order valence-corrected chi connectivity index (χ1v) is 11.7. The molecule has 0 saturated carbocycles. The van der Waals surface area contributed by atoms with Crippen LogP contribution in [0.4, 0.5) is 11.6 Å². The van der Waals surface area contributed by atoms with E-state index in [0.717, 1.165) is 41.3 Å². The lowest BCUT2D eigenvalue weighted by Gasteiger charge is -2.22. The van der Waals surface area contributed by atoms with Crippen molar-refractivity contribution < 1.29 is 0 Å². The summed E-state index contributed by atoms with van der Waals surface area (Å²) in [5, 5.41) is 4.52. The molecule has 6 rings (SSSR count). The summed E-state index contributed by atoms with van der Waals surface area (Å²) in [4.78, 5) is 19.0. The minimum Gasteiger partial charge on any atom is -0.382 e. The number of anilines is 2. The van der Waals surface area contributed by atoms with Gasteiger partial charge in [0.1, 0.15) is 5.82 Å². The maximum Gasteiger partial charge on any atom is 0.166 e. The van der Waals surface area contributed by atoms with E-state index in [1.54, 1.807) is 10.7 Å². The quantitative estimate of drug-likeness (QED) is 0.509. The highest BCUT2D eigenvalue weighted by Crippen LogP contribution is 2.34. The van der Waals surface area contributed by atoms with Gasteiger partial charge in [-0.25, -0.2) is 14.5 Å². The van der Waals surface area contributed by atoms with Gasteiger partial charge in [-0.15, -0.1) is 5.10 Å². The largest absolute Gasteiger partial charge is 0.382 e. The molecular formula is C25H28N8. The highest BCUT2D eigenvalue weighted by Gasteiger charge is 2.28. The number of nitrogens with zero attached hydrogens (tertiary/aromatic N) is 7. The number of fused-ring (bicyclic) bond motifs is 1. The van der Waals surface area contributed by atoms with Crippen LogP contribution in [-0.2, 0) is 0 Å². The van der Waals surface area contributed by atoms with Crippen LogP contribution in [0.5, 0.6) is 0 Å². The molecule has 168 valence electrons. The summed E-state index contributed by atoms with van der Waals surface area (Å²) in [7, 11) is 0. The molecule has 2 N–H and O–H groups in total. The van der Waals surface area contributed by atoms with Crippen LogP contribution in [0.15, 0.2) is 55.1 Å². The van der Waals surface area contributed by atoms with Crippen molar-refractivity contribution >= 4 is 17.3 Å². The van der Waals surface area contributed by atoms with Gasteiger partial charge in [-0.2, -0.15) is 0 Å². The van der Waals surface area contributed by atoms with Crippen LogP contribution >= 0.6 is 0 Å². The lowest BCUT2D eigenvalue weighted by molar-refractivity contribution is 0.289. The summed E-state index contributed by atoms with van der Waals surface area (Å²) in [6.07, 6.45) is 11.4. The fourth-order valence-electron chi connectivity index (χ4n) is 5.23. The van der Waals surface area contributed by atoms with Crippen LogP contribution in [0.2, 0.25) is 0 Å². The van der Waals surface area contributed by atoms with Gasteiger partial charge in [0.25, 0.3) is 0 Å². The molecule has 0 radical (unpaired) electrons. The Morgan fingerprint density at radius 3 is 2.70 bits per heavy atom. The summed E-state index contributed by atoms with van der Waals surface area (Å²) in [5.41, 5.74) is 10.5. The Hall–Kier alpha value is -3.52. The average molecular weight is 441 g/mol. The summed E-state index contributed by atoms with van der Waals surface area (Å²) >= 11 is 0. The summed E-state index contributed by atoms with van der Waals surface area (Å²) in [6, 6.07) is 9.85. The summed E-state index contributed by atoms with van der Waals surface area (Å²) in [5.74, 6) is 2.15. The van der Waals surface area contributed by atoms with Crippen molar-refractivity contribution in [2.45, 2.75) is 19.3 Å². The first kappa shape index (κ1) is 20.1. The van der Waals surface area contributed by atoms with E-state index in [2.05, 4.69) is 25.9 Å². The number of rotatable bonds is 5. The van der Waals surface area contributed by atoms with Gasteiger partial charge >= 0.3 is 0 Å². The molecule has 2 aliphatic heterocycles. The summed E-state index contributed by atoms with van der Waals surface area (Å²) in [6.45, 7) is 5.80. The smallest absolute Gasteiger partial charge is 0.166 e. The van der Waals surface area contributed by atoms with Crippen LogP contribution in [0, 0.1) is 5.92 Å². The third-order valence-corrected chi connectivity index (χ3v) is 6.82. The lowest BCUT2D eigenvalue weighted by Crippen LogP contribution is -2.29. The van der Waals surface area contributed by atoms with Crippen LogP contribution < -0.4 is 10.6 Å². The van der Waals surface area contributed by atoms with E-state index in [4.69, 9.17) is 15.7 Å². The van der Waals surface area contributed by atoms with E-state index >= 15 is 0 Å². The van der Waals surface area contributed by atoms with Gasteiger partial charge in [-0.05, 0) is 62.5 Å². The molecule has 1 atom stereocenters. The molecule has 0 unspecified atom stereocenters. The number of nitrogens with two attached hydrogens (primary N) is 1. The molecule has 0 amide bonds. The molecular weight excluding hydrogens is 412 g/mol. The third-order valence-electron chi connectivity index (χ3n) is 6.82. The average Bonchev–Trinajstić information content (AvgIpc) is 3.59. The van der Waals surface area contributed by atoms with Gasteiger partial charge in [0.05, 0.1) is 11.3 Å². The number of pyridine rings is 2. The first-order valence-electron chi connectivity index (χ1n) is 11.7. The van der Waals surface area contributed by atoms with Crippen LogP contribution in [0.1, 0.15) is 19.3 Å².